The van der Waals surface area contributed by atoms with Crippen LogP contribution in [0, 0.1) is 5.82 Å². The first-order valence-corrected chi connectivity index (χ1v) is 6.22. The predicted molar refractivity (Wildman–Crippen MR) is 73.9 cm³/mol. The van der Waals surface area contributed by atoms with Gasteiger partial charge in [-0.2, -0.15) is 0 Å². The quantitative estimate of drug-likeness (QED) is 0.903. The molecule has 5 nitrogen and oxygen atoms in total. The lowest BCUT2D eigenvalue weighted by Gasteiger charge is -2.20. The minimum atomic E-state index is -0.451. The highest BCUT2D eigenvalue weighted by atomic mass is 19.1. The van der Waals surface area contributed by atoms with Gasteiger partial charge in [-0.1, -0.05) is 0 Å². The number of carbonyl (C=O) groups is 1. The number of nitrogens with one attached hydrogen (secondary N) is 1. The molecular formula is C14H16FN3O2. The van der Waals surface area contributed by atoms with Crippen molar-refractivity contribution in [3.05, 3.63) is 40.7 Å². The molecule has 2 rings (SSSR count). The molecule has 0 saturated heterocycles. The van der Waals surface area contributed by atoms with Crippen LogP contribution in [0.3, 0.4) is 0 Å². The Morgan fingerprint density at radius 3 is 2.75 bits per heavy atom. The van der Waals surface area contributed by atoms with Crippen LogP contribution in [0.1, 0.15) is 20.8 Å². The number of carbonyl (C=O) groups excluding carboxylic acids is 1. The molecule has 0 aliphatic carbocycles. The summed E-state index contributed by atoms with van der Waals surface area (Å²) >= 11 is 0. The number of rotatable bonds is 2. The highest BCUT2D eigenvalue weighted by molar-refractivity contribution is 5.79. The second-order valence-electron chi connectivity index (χ2n) is 5.64. The van der Waals surface area contributed by atoms with Crippen LogP contribution in [0.2, 0.25) is 0 Å². The van der Waals surface area contributed by atoms with Crippen LogP contribution in [-0.2, 0) is 11.3 Å². The molecule has 0 bridgehead atoms. The van der Waals surface area contributed by atoms with E-state index in [-0.39, 0.29) is 34.5 Å². The summed E-state index contributed by atoms with van der Waals surface area (Å²) < 4.78 is 14.3. The van der Waals surface area contributed by atoms with Crippen LogP contribution < -0.4 is 10.9 Å². The molecule has 106 valence electrons. The maximum atomic E-state index is 13.1. The third-order valence-corrected chi connectivity index (χ3v) is 2.62. The molecule has 1 heterocycles. The molecule has 1 aromatic heterocycles. The predicted octanol–water partition coefficient (Wildman–Crippen LogP) is 1.45. The Morgan fingerprint density at radius 2 is 2.10 bits per heavy atom. The molecular weight excluding hydrogens is 261 g/mol. The number of nitrogens with zero attached hydrogens (tertiary/aromatic N) is 2. The van der Waals surface area contributed by atoms with Crippen molar-refractivity contribution in [2.75, 3.05) is 0 Å². The molecule has 0 radical (unpaired) electrons. The van der Waals surface area contributed by atoms with Gasteiger partial charge in [0.05, 0.1) is 17.2 Å². The Kier molecular flexibility index (Phi) is 3.57. The number of hydrogen-bond acceptors (Lipinski definition) is 3. The van der Waals surface area contributed by atoms with Crippen LogP contribution in [-0.4, -0.2) is 21.0 Å². The van der Waals surface area contributed by atoms with Crippen LogP contribution in [0.5, 0.6) is 0 Å². The van der Waals surface area contributed by atoms with Crippen molar-refractivity contribution in [3.8, 4) is 0 Å². The van der Waals surface area contributed by atoms with E-state index in [9.17, 15) is 14.0 Å². The fraction of sp³-hybridized carbons (Fsp3) is 0.357. The monoisotopic (exact) mass is 277 g/mol. The van der Waals surface area contributed by atoms with Crippen molar-refractivity contribution in [2.45, 2.75) is 32.9 Å². The number of hydrogen-bond donors (Lipinski definition) is 1. The lowest BCUT2D eigenvalue weighted by atomic mass is 10.1. The van der Waals surface area contributed by atoms with Crippen LogP contribution in [0.4, 0.5) is 4.39 Å². The van der Waals surface area contributed by atoms with Gasteiger partial charge in [0.1, 0.15) is 12.4 Å². The molecule has 0 atom stereocenters. The second kappa shape index (κ2) is 5.03. The first-order chi connectivity index (χ1) is 9.26. The van der Waals surface area contributed by atoms with Crippen molar-refractivity contribution < 1.29 is 9.18 Å². The molecule has 1 N–H and O–H groups in total. The largest absolute Gasteiger partial charge is 0.350 e. The van der Waals surface area contributed by atoms with Gasteiger partial charge in [-0.25, -0.2) is 9.37 Å². The van der Waals surface area contributed by atoms with E-state index in [0.29, 0.717) is 0 Å². The SMILES string of the molecule is CC(C)(C)NC(=O)Cn1cnc2cc(F)ccc2c1=O. The average Bonchev–Trinajstić information content (AvgIpc) is 2.30. The summed E-state index contributed by atoms with van der Waals surface area (Å²) in [5.41, 5.74) is -0.449. The molecule has 1 amide bonds. The average molecular weight is 277 g/mol. The molecule has 1 aromatic carbocycles. The van der Waals surface area contributed by atoms with E-state index in [0.717, 1.165) is 0 Å². The van der Waals surface area contributed by atoms with Gasteiger partial charge in [-0.3, -0.25) is 14.2 Å². The fourth-order valence-corrected chi connectivity index (χ4v) is 1.86. The summed E-state index contributed by atoms with van der Waals surface area (Å²) in [5, 5.41) is 3.05. The Labute approximate surface area is 115 Å². The topological polar surface area (TPSA) is 64.0 Å². The first-order valence-electron chi connectivity index (χ1n) is 6.22. The summed E-state index contributed by atoms with van der Waals surface area (Å²) in [5.74, 6) is -0.726. The zero-order valence-corrected chi connectivity index (χ0v) is 11.6. The second-order valence-corrected chi connectivity index (χ2v) is 5.64. The van der Waals surface area contributed by atoms with Crippen molar-refractivity contribution >= 4 is 16.8 Å². The van der Waals surface area contributed by atoms with E-state index in [1.165, 1.54) is 29.1 Å². The first kappa shape index (κ1) is 14.2. The van der Waals surface area contributed by atoms with Crippen molar-refractivity contribution in [1.29, 1.82) is 0 Å². The van der Waals surface area contributed by atoms with Crippen molar-refractivity contribution in [1.82, 2.24) is 14.9 Å². The van der Waals surface area contributed by atoms with Gasteiger partial charge < -0.3 is 5.32 Å². The highest BCUT2D eigenvalue weighted by Gasteiger charge is 2.15. The van der Waals surface area contributed by atoms with E-state index in [2.05, 4.69) is 10.3 Å². The lowest BCUT2D eigenvalue weighted by molar-refractivity contribution is -0.123. The molecule has 0 unspecified atom stereocenters. The third-order valence-electron chi connectivity index (χ3n) is 2.62. The number of fused-ring (bicyclic) bond motifs is 1. The molecule has 0 aliphatic heterocycles. The van der Waals surface area contributed by atoms with Crippen LogP contribution >= 0.6 is 0 Å². The fourth-order valence-electron chi connectivity index (χ4n) is 1.86. The highest BCUT2D eigenvalue weighted by Crippen LogP contribution is 2.08. The standard InChI is InChI=1S/C14H16FN3O2/c1-14(2,3)17-12(19)7-18-8-16-11-6-9(15)4-5-10(11)13(18)20/h4-6,8H,7H2,1-3H3,(H,17,19). The van der Waals surface area contributed by atoms with E-state index >= 15 is 0 Å². The molecule has 0 spiro atoms. The molecule has 2 aromatic rings. The minimum absolute atomic E-state index is 0.115. The minimum Gasteiger partial charge on any atom is -0.350 e. The van der Waals surface area contributed by atoms with Gasteiger partial charge in [0.2, 0.25) is 5.91 Å². The summed E-state index contributed by atoms with van der Waals surface area (Å²) in [7, 11) is 0. The van der Waals surface area contributed by atoms with Crippen LogP contribution in [0.15, 0.2) is 29.3 Å². The van der Waals surface area contributed by atoms with Gasteiger partial charge in [0.25, 0.3) is 5.56 Å². The smallest absolute Gasteiger partial charge is 0.261 e. The lowest BCUT2D eigenvalue weighted by Crippen LogP contribution is -2.43. The third kappa shape index (κ3) is 3.20. The van der Waals surface area contributed by atoms with Crippen LogP contribution in [0.25, 0.3) is 10.9 Å². The maximum Gasteiger partial charge on any atom is 0.261 e. The Morgan fingerprint density at radius 1 is 1.40 bits per heavy atom. The normalized spacial score (nSPS) is 11.6. The molecule has 6 heteroatoms. The van der Waals surface area contributed by atoms with Gasteiger partial charge in [0, 0.05) is 11.6 Å². The van der Waals surface area contributed by atoms with E-state index in [1.807, 2.05) is 20.8 Å². The Bertz CT molecular complexity index is 716. The van der Waals surface area contributed by atoms with E-state index < -0.39 is 5.82 Å². The summed E-state index contributed by atoms with van der Waals surface area (Å²) in [6.07, 6.45) is 1.26. The number of aromatic nitrogens is 2. The van der Waals surface area contributed by atoms with E-state index in [1.54, 1.807) is 0 Å². The van der Waals surface area contributed by atoms with Gasteiger partial charge in [-0.05, 0) is 32.9 Å². The number of halogens is 1. The Hall–Kier alpha value is -2.24. The number of amides is 1. The van der Waals surface area contributed by atoms with Gasteiger partial charge >= 0.3 is 0 Å². The summed E-state index contributed by atoms with van der Waals surface area (Å²) in [6.45, 7) is 5.45. The van der Waals surface area contributed by atoms with Gasteiger partial charge in [-0.15, -0.1) is 0 Å². The zero-order chi connectivity index (χ0) is 14.9. The molecule has 0 fully saturated rings. The zero-order valence-electron chi connectivity index (χ0n) is 11.6. The van der Waals surface area contributed by atoms with Crippen molar-refractivity contribution in [3.63, 3.8) is 0 Å². The summed E-state index contributed by atoms with van der Waals surface area (Å²) in [4.78, 5) is 28.0. The molecule has 20 heavy (non-hydrogen) atoms. The van der Waals surface area contributed by atoms with E-state index in [4.69, 9.17) is 0 Å². The maximum absolute atomic E-state index is 13.1. The molecule has 0 saturated carbocycles. The Balaban J connectivity index is 2.32. The van der Waals surface area contributed by atoms with Crippen molar-refractivity contribution in [2.24, 2.45) is 0 Å². The molecule has 0 aliphatic rings. The summed E-state index contributed by atoms with van der Waals surface area (Å²) in [6, 6.07) is 3.76. The van der Waals surface area contributed by atoms with Gasteiger partial charge in [0.15, 0.2) is 0 Å². The number of benzene rings is 1.